The van der Waals surface area contributed by atoms with Gasteiger partial charge in [-0.05, 0) is 42.8 Å². The highest BCUT2D eigenvalue weighted by molar-refractivity contribution is 7.99. The van der Waals surface area contributed by atoms with E-state index in [1.165, 1.54) is 42.3 Å². The molecule has 1 atom stereocenters. The molecule has 0 spiro atoms. The quantitative estimate of drug-likeness (QED) is 0.171. The van der Waals surface area contributed by atoms with Gasteiger partial charge in [0.1, 0.15) is 22.1 Å². The fourth-order valence-electron chi connectivity index (χ4n) is 3.51. The standard InChI is InChI=1S/C25H21Cl2FN4O4S2/c1-13(36-19-9-6-15(26)10-18(19)27)22-30-31-25(32(22)2)38-12-20(33)29-23-21(24(34)35-3)17(11-37-23)14-4-7-16(28)8-5-14/h4-11,13H,12H2,1-3H3,(H,29,33). The van der Waals surface area contributed by atoms with E-state index < -0.39 is 17.9 Å². The number of hydrogen-bond donors (Lipinski definition) is 1. The van der Waals surface area contributed by atoms with Crippen molar-refractivity contribution in [2.24, 2.45) is 7.05 Å². The van der Waals surface area contributed by atoms with Gasteiger partial charge in [-0.2, -0.15) is 0 Å². The van der Waals surface area contributed by atoms with E-state index >= 15 is 0 Å². The summed E-state index contributed by atoms with van der Waals surface area (Å²) in [5.74, 6) is -0.354. The number of aromatic nitrogens is 3. The van der Waals surface area contributed by atoms with Gasteiger partial charge in [-0.1, -0.05) is 47.1 Å². The molecule has 38 heavy (non-hydrogen) atoms. The van der Waals surface area contributed by atoms with Crippen molar-refractivity contribution in [2.75, 3.05) is 18.2 Å². The zero-order valence-electron chi connectivity index (χ0n) is 20.3. The molecule has 0 bridgehead atoms. The maximum absolute atomic E-state index is 13.4. The molecule has 0 saturated heterocycles. The highest BCUT2D eigenvalue weighted by atomic mass is 35.5. The second-order valence-electron chi connectivity index (χ2n) is 7.92. The monoisotopic (exact) mass is 594 g/mol. The first-order valence-electron chi connectivity index (χ1n) is 11.1. The Morgan fingerprint density at radius 3 is 2.61 bits per heavy atom. The first kappa shape index (κ1) is 27.9. The number of carbonyl (C=O) groups is 2. The first-order valence-corrected chi connectivity index (χ1v) is 13.7. The van der Waals surface area contributed by atoms with Crippen LogP contribution in [0.3, 0.4) is 0 Å². The van der Waals surface area contributed by atoms with Gasteiger partial charge in [0.05, 0.1) is 17.9 Å². The van der Waals surface area contributed by atoms with E-state index in [0.717, 1.165) is 0 Å². The highest BCUT2D eigenvalue weighted by Gasteiger charge is 2.23. The lowest BCUT2D eigenvalue weighted by atomic mass is 10.0. The number of nitrogens with one attached hydrogen (secondary N) is 1. The van der Waals surface area contributed by atoms with Crippen LogP contribution in [0.1, 0.15) is 29.2 Å². The molecule has 8 nitrogen and oxygen atoms in total. The molecule has 1 unspecified atom stereocenters. The molecule has 0 radical (unpaired) electrons. The predicted molar refractivity (Wildman–Crippen MR) is 147 cm³/mol. The number of thiophene rings is 1. The van der Waals surface area contributed by atoms with Crippen molar-refractivity contribution < 1.29 is 23.5 Å². The number of halogens is 3. The second-order valence-corrected chi connectivity index (χ2v) is 10.6. The lowest BCUT2D eigenvalue weighted by molar-refractivity contribution is -0.113. The Morgan fingerprint density at radius 1 is 1.18 bits per heavy atom. The number of esters is 1. The van der Waals surface area contributed by atoms with Gasteiger partial charge in [0.15, 0.2) is 17.1 Å². The van der Waals surface area contributed by atoms with Crippen LogP contribution in [0, 0.1) is 5.82 Å². The van der Waals surface area contributed by atoms with Gasteiger partial charge in [0.25, 0.3) is 0 Å². The minimum Gasteiger partial charge on any atom is -0.481 e. The summed E-state index contributed by atoms with van der Waals surface area (Å²) in [4.78, 5) is 25.3. The van der Waals surface area contributed by atoms with Crippen molar-refractivity contribution in [3.63, 3.8) is 0 Å². The van der Waals surface area contributed by atoms with Crippen molar-refractivity contribution in [3.05, 3.63) is 75.1 Å². The summed E-state index contributed by atoms with van der Waals surface area (Å²) in [6.45, 7) is 1.81. The largest absolute Gasteiger partial charge is 0.481 e. The molecule has 198 valence electrons. The van der Waals surface area contributed by atoms with Crippen LogP contribution in [0.15, 0.2) is 53.0 Å². The number of anilines is 1. The molecular formula is C25H21Cl2FN4O4S2. The Kier molecular flexibility index (Phi) is 8.93. The Balaban J connectivity index is 1.43. The lowest BCUT2D eigenvalue weighted by Gasteiger charge is -2.15. The van der Waals surface area contributed by atoms with Gasteiger partial charge in [-0.3, -0.25) is 4.79 Å². The molecule has 4 rings (SSSR count). The highest BCUT2D eigenvalue weighted by Crippen LogP contribution is 2.36. The number of rotatable bonds is 9. The Labute approximate surface area is 236 Å². The molecule has 2 aromatic carbocycles. The summed E-state index contributed by atoms with van der Waals surface area (Å²) in [7, 11) is 3.02. The smallest absolute Gasteiger partial charge is 0.341 e. The van der Waals surface area contributed by atoms with Crippen LogP contribution in [0.5, 0.6) is 5.75 Å². The van der Waals surface area contributed by atoms with Crippen LogP contribution in [0.4, 0.5) is 9.39 Å². The molecule has 0 fully saturated rings. The minimum atomic E-state index is -0.610. The average molecular weight is 596 g/mol. The molecule has 0 aliphatic rings. The lowest BCUT2D eigenvalue weighted by Crippen LogP contribution is -2.16. The van der Waals surface area contributed by atoms with Crippen molar-refractivity contribution >= 4 is 63.2 Å². The van der Waals surface area contributed by atoms with Gasteiger partial charge < -0.3 is 19.4 Å². The molecule has 0 aliphatic carbocycles. The third-order valence-electron chi connectivity index (χ3n) is 5.35. The summed E-state index contributed by atoms with van der Waals surface area (Å²) >= 11 is 14.5. The zero-order chi connectivity index (χ0) is 27.4. The number of benzene rings is 2. The van der Waals surface area contributed by atoms with E-state index in [0.29, 0.717) is 42.9 Å². The van der Waals surface area contributed by atoms with Crippen LogP contribution >= 0.6 is 46.3 Å². The van der Waals surface area contributed by atoms with Crippen LogP contribution in [-0.4, -0.2) is 39.5 Å². The molecule has 0 aliphatic heterocycles. The summed E-state index contributed by atoms with van der Waals surface area (Å²) in [5.41, 5.74) is 1.37. The number of thioether (sulfide) groups is 1. The summed E-state index contributed by atoms with van der Waals surface area (Å²) in [5, 5.41) is 14.5. The molecule has 1 N–H and O–H groups in total. The fraction of sp³-hybridized carbons (Fsp3) is 0.200. The Hall–Kier alpha value is -3.12. The number of carbonyl (C=O) groups excluding carboxylic acids is 2. The maximum Gasteiger partial charge on any atom is 0.341 e. The normalized spacial score (nSPS) is 11.7. The molecule has 0 saturated carbocycles. The minimum absolute atomic E-state index is 0.00855. The summed E-state index contributed by atoms with van der Waals surface area (Å²) in [6.07, 6.45) is -0.479. The van der Waals surface area contributed by atoms with Crippen LogP contribution < -0.4 is 10.1 Å². The molecule has 13 heteroatoms. The van der Waals surface area contributed by atoms with Crippen molar-refractivity contribution in [1.29, 1.82) is 0 Å². The number of ether oxygens (including phenoxy) is 2. The molecule has 1 amide bonds. The van der Waals surface area contributed by atoms with Gasteiger partial charge >= 0.3 is 5.97 Å². The van der Waals surface area contributed by atoms with Crippen LogP contribution in [-0.2, 0) is 16.6 Å². The van der Waals surface area contributed by atoms with Gasteiger partial charge in [0.2, 0.25) is 5.91 Å². The van der Waals surface area contributed by atoms with Crippen molar-refractivity contribution in [1.82, 2.24) is 14.8 Å². The van der Waals surface area contributed by atoms with Gasteiger partial charge in [-0.15, -0.1) is 21.5 Å². The predicted octanol–water partition coefficient (Wildman–Crippen LogP) is 6.65. The number of methoxy groups -OCH3 is 1. The average Bonchev–Trinajstić information content (AvgIpc) is 3.47. The van der Waals surface area contributed by atoms with E-state index in [1.54, 1.807) is 54.3 Å². The van der Waals surface area contributed by atoms with Crippen molar-refractivity contribution in [3.8, 4) is 16.9 Å². The fourth-order valence-corrected chi connectivity index (χ4v) is 5.65. The molecular weight excluding hydrogens is 574 g/mol. The van der Waals surface area contributed by atoms with E-state index in [-0.39, 0.29) is 17.2 Å². The number of hydrogen-bond acceptors (Lipinski definition) is 8. The summed E-state index contributed by atoms with van der Waals surface area (Å²) < 4.78 is 25.9. The SMILES string of the molecule is COC(=O)c1c(-c2ccc(F)cc2)csc1NC(=O)CSc1nnc(C(C)Oc2ccc(Cl)cc2Cl)n1C. The van der Waals surface area contributed by atoms with Crippen molar-refractivity contribution in [2.45, 2.75) is 18.2 Å². The van der Waals surface area contributed by atoms with Crippen LogP contribution in [0.25, 0.3) is 11.1 Å². The van der Waals surface area contributed by atoms with Gasteiger partial charge in [0, 0.05) is 23.0 Å². The van der Waals surface area contributed by atoms with E-state index in [1.807, 2.05) is 0 Å². The second kappa shape index (κ2) is 12.2. The maximum atomic E-state index is 13.4. The Morgan fingerprint density at radius 2 is 1.92 bits per heavy atom. The Bertz CT molecular complexity index is 1480. The molecule has 2 aromatic heterocycles. The van der Waals surface area contributed by atoms with Crippen LogP contribution in [0.2, 0.25) is 10.0 Å². The van der Waals surface area contributed by atoms with E-state index in [9.17, 15) is 14.0 Å². The third-order valence-corrected chi connectivity index (χ3v) is 7.80. The van der Waals surface area contributed by atoms with E-state index in [2.05, 4.69) is 15.5 Å². The van der Waals surface area contributed by atoms with E-state index in [4.69, 9.17) is 32.7 Å². The molecule has 4 aromatic rings. The molecule has 2 heterocycles. The summed E-state index contributed by atoms with van der Waals surface area (Å²) in [6, 6.07) is 10.6. The number of amides is 1. The first-order chi connectivity index (χ1) is 18.2. The topological polar surface area (TPSA) is 95.3 Å². The number of nitrogens with zero attached hydrogens (tertiary/aromatic N) is 3. The third kappa shape index (κ3) is 6.29. The zero-order valence-corrected chi connectivity index (χ0v) is 23.5. The van der Waals surface area contributed by atoms with Gasteiger partial charge in [-0.25, -0.2) is 9.18 Å².